The van der Waals surface area contributed by atoms with Crippen molar-refractivity contribution in [1.82, 2.24) is 14.9 Å². The van der Waals surface area contributed by atoms with Crippen LogP contribution in [0.1, 0.15) is 39.5 Å². The second-order valence-electron chi connectivity index (χ2n) is 4.61. The van der Waals surface area contributed by atoms with Crippen LogP contribution in [0.25, 0.3) is 0 Å². The van der Waals surface area contributed by atoms with Gasteiger partial charge in [-0.1, -0.05) is 26.7 Å². The minimum absolute atomic E-state index is 0.642. The van der Waals surface area contributed by atoms with Crippen LogP contribution in [0.3, 0.4) is 0 Å². The number of rotatable bonds is 9. The molecule has 1 rings (SSSR count). The molecule has 0 aromatic carbocycles. The van der Waals surface area contributed by atoms with E-state index in [9.17, 15) is 9.90 Å². The summed E-state index contributed by atoms with van der Waals surface area (Å²) in [5.41, 5.74) is -0.774. The van der Waals surface area contributed by atoms with Crippen LogP contribution < -0.4 is 5.32 Å². The number of imidazole rings is 1. The SMILES string of the molecule is CCCC(CCC)(NCCn1ccnc1)C(=O)O. The molecule has 0 atom stereocenters. The van der Waals surface area contributed by atoms with Crippen molar-refractivity contribution in [3.8, 4) is 0 Å². The van der Waals surface area contributed by atoms with Crippen molar-refractivity contribution < 1.29 is 9.90 Å². The maximum Gasteiger partial charge on any atom is 0.323 e. The van der Waals surface area contributed by atoms with E-state index in [-0.39, 0.29) is 0 Å². The molecular formula is C13H23N3O2. The Bertz CT molecular complexity index is 343. The van der Waals surface area contributed by atoms with Crippen molar-refractivity contribution in [3.63, 3.8) is 0 Å². The van der Waals surface area contributed by atoms with Gasteiger partial charge in [0.15, 0.2) is 0 Å². The third kappa shape index (κ3) is 3.84. The Kier molecular flexibility index (Phi) is 5.85. The van der Waals surface area contributed by atoms with Gasteiger partial charge in [-0.05, 0) is 12.8 Å². The molecule has 1 aromatic rings. The Hall–Kier alpha value is -1.36. The van der Waals surface area contributed by atoms with E-state index in [2.05, 4.69) is 10.3 Å². The minimum atomic E-state index is -0.774. The van der Waals surface area contributed by atoms with Gasteiger partial charge in [-0.15, -0.1) is 0 Å². The van der Waals surface area contributed by atoms with Crippen LogP contribution in [0, 0.1) is 0 Å². The first-order valence-electron chi connectivity index (χ1n) is 6.58. The third-order valence-electron chi connectivity index (χ3n) is 3.16. The highest BCUT2D eigenvalue weighted by molar-refractivity contribution is 5.78. The molecule has 0 aliphatic rings. The zero-order valence-electron chi connectivity index (χ0n) is 11.2. The van der Waals surface area contributed by atoms with Gasteiger partial charge in [-0.2, -0.15) is 0 Å². The van der Waals surface area contributed by atoms with Gasteiger partial charge in [-0.25, -0.2) is 4.98 Å². The fourth-order valence-corrected chi connectivity index (χ4v) is 2.29. The second kappa shape index (κ2) is 7.16. The summed E-state index contributed by atoms with van der Waals surface area (Å²) in [6.07, 6.45) is 8.41. The zero-order chi connectivity index (χ0) is 13.4. The highest BCUT2D eigenvalue weighted by Gasteiger charge is 2.35. The van der Waals surface area contributed by atoms with E-state index in [1.54, 1.807) is 12.5 Å². The van der Waals surface area contributed by atoms with Crippen LogP contribution in [0.4, 0.5) is 0 Å². The van der Waals surface area contributed by atoms with E-state index >= 15 is 0 Å². The van der Waals surface area contributed by atoms with Crippen LogP contribution >= 0.6 is 0 Å². The topological polar surface area (TPSA) is 67.2 Å². The quantitative estimate of drug-likeness (QED) is 0.705. The van der Waals surface area contributed by atoms with E-state index in [4.69, 9.17) is 0 Å². The number of hydrogen-bond acceptors (Lipinski definition) is 3. The number of nitrogens with zero attached hydrogens (tertiary/aromatic N) is 2. The molecule has 5 heteroatoms. The third-order valence-corrected chi connectivity index (χ3v) is 3.16. The molecule has 0 radical (unpaired) electrons. The molecule has 0 saturated carbocycles. The number of aliphatic carboxylic acids is 1. The van der Waals surface area contributed by atoms with Crippen LogP contribution in [0.15, 0.2) is 18.7 Å². The van der Waals surface area contributed by atoms with Gasteiger partial charge < -0.3 is 15.0 Å². The molecule has 0 fully saturated rings. The number of carbonyl (C=O) groups is 1. The Morgan fingerprint density at radius 3 is 2.50 bits per heavy atom. The number of nitrogens with one attached hydrogen (secondary N) is 1. The van der Waals surface area contributed by atoms with E-state index in [1.807, 2.05) is 24.6 Å². The second-order valence-corrected chi connectivity index (χ2v) is 4.61. The van der Waals surface area contributed by atoms with Gasteiger partial charge in [0.25, 0.3) is 0 Å². The molecule has 0 spiro atoms. The summed E-state index contributed by atoms with van der Waals surface area (Å²) in [7, 11) is 0. The number of hydrogen-bond donors (Lipinski definition) is 2. The van der Waals surface area contributed by atoms with Gasteiger partial charge >= 0.3 is 5.97 Å². The van der Waals surface area contributed by atoms with Crippen LogP contribution in [-0.2, 0) is 11.3 Å². The molecule has 18 heavy (non-hydrogen) atoms. The standard InChI is InChI=1S/C13H23N3O2/c1-3-5-13(6-4-2,12(17)18)15-8-10-16-9-7-14-11-16/h7,9,11,15H,3-6,8,10H2,1-2H3,(H,17,18). The van der Waals surface area contributed by atoms with Gasteiger partial charge in [0, 0.05) is 25.5 Å². The lowest BCUT2D eigenvalue weighted by Crippen LogP contribution is -2.52. The molecule has 0 aliphatic carbocycles. The normalized spacial score (nSPS) is 11.7. The average Bonchev–Trinajstić information content (AvgIpc) is 2.82. The Balaban J connectivity index is 2.56. The summed E-state index contributed by atoms with van der Waals surface area (Å²) in [6, 6.07) is 0. The van der Waals surface area contributed by atoms with Crippen molar-refractivity contribution in [2.45, 2.75) is 51.6 Å². The first-order valence-corrected chi connectivity index (χ1v) is 6.58. The lowest BCUT2D eigenvalue weighted by molar-refractivity contribution is -0.145. The molecule has 0 unspecified atom stereocenters. The molecule has 2 N–H and O–H groups in total. The molecular weight excluding hydrogens is 230 g/mol. The van der Waals surface area contributed by atoms with Crippen LogP contribution in [-0.4, -0.2) is 32.7 Å². The highest BCUT2D eigenvalue weighted by Crippen LogP contribution is 2.20. The predicted molar refractivity (Wildman–Crippen MR) is 70.4 cm³/mol. The van der Waals surface area contributed by atoms with Crippen molar-refractivity contribution >= 4 is 5.97 Å². The fourth-order valence-electron chi connectivity index (χ4n) is 2.29. The summed E-state index contributed by atoms with van der Waals surface area (Å²) < 4.78 is 1.94. The lowest BCUT2D eigenvalue weighted by Gasteiger charge is -2.30. The van der Waals surface area contributed by atoms with E-state index in [1.165, 1.54) is 0 Å². The monoisotopic (exact) mass is 253 g/mol. The summed E-state index contributed by atoms with van der Waals surface area (Å²) in [4.78, 5) is 15.5. The molecule has 1 heterocycles. The van der Waals surface area contributed by atoms with Gasteiger partial charge in [0.1, 0.15) is 5.54 Å². The molecule has 0 bridgehead atoms. The van der Waals surface area contributed by atoms with Gasteiger partial charge in [-0.3, -0.25) is 4.79 Å². The molecule has 0 aliphatic heterocycles. The first-order chi connectivity index (χ1) is 8.64. The summed E-state index contributed by atoms with van der Waals surface area (Å²) in [6.45, 7) is 5.42. The maximum absolute atomic E-state index is 11.5. The van der Waals surface area contributed by atoms with E-state index in [0.717, 1.165) is 19.4 Å². The maximum atomic E-state index is 11.5. The smallest absolute Gasteiger partial charge is 0.323 e. The largest absolute Gasteiger partial charge is 0.480 e. The average molecular weight is 253 g/mol. The van der Waals surface area contributed by atoms with Crippen LogP contribution in [0.2, 0.25) is 0 Å². The van der Waals surface area contributed by atoms with Crippen molar-refractivity contribution in [1.29, 1.82) is 0 Å². The number of carboxylic acids is 1. The number of aromatic nitrogens is 2. The van der Waals surface area contributed by atoms with Crippen molar-refractivity contribution in [2.75, 3.05) is 6.54 Å². The first kappa shape index (κ1) is 14.7. The lowest BCUT2D eigenvalue weighted by atomic mass is 9.88. The Morgan fingerprint density at radius 1 is 1.39 bits per heavy atom. The predicted octanol–water partition coefficient (Wildman–Crippen LogP) is 1.90. The Labute approximate surface area is 108 Å². The van der Waals surface area contributed by atoms with Crippen LogP contribution in [0.5, 0.6) is 0 Å². The zero-order valence-corrected chi connectivity index (χ0v) is 11.2. The molecule has 0 amide bonds. The molecule has 102 valence electrons. The fraction of sp³-hybridized carbons (Fsp3) is 0.692. The molecule has 0 saturated heterocycles. The Morgan fingerprint density at radius 2 is 2.06 bits per heavy atom. The minimum Gasteiger partial charge on any atom is -0.480 e. The van der Waals surface area contributed by atoms with Crippen molar-refractivity contribution in [3.05, 3.63) is 18.7 Å². The van der Waals surface area contributed by atoms with E-state index in [0.29, 0.717) is 19.4 Å². The molecule has 5 nitrogen and oxygen atoms in total. The highest BCUT2D eigenvalue weighted by atomic mass is 16.4. The van der Waals surface area contributed by atoms with Gasteiger partial charge in [0.05, 0.1) is 6.33 Å². The van der Waals surface area contributed by atoms with Gasteiger partial charge in [0.2, 0.25) is 0 Å². The summed E-state index contributed by atoms with van der Waals surface area (Å²) >= 11 is 0. The summed E-state index contributed by atoms with van der Waals surface area (Å²) in [5, 5.41) is 12.7. The summed E-state index contributed by atoms with van der Waals surface area (Å²) in [5.74, 6) is -0.739. The van der Waals surface area contributed by atoms with E-state index < -0.39 is 11.5 Å². The number of carboxylic acid groups (broad SMARTS) is 1. The van der Waals surface area contributed by atoms with Crippen molar-refractivity contribution in [2.24, 2.45) is 0 Å². The molecule has 1 aromatic heterocycles.